The molecule has 2 nitrogen and oxygen atoms in total. The first-order chi connectivity index (χ1) is 3.18. The summed E-state index contributed by atoms with van der Waals surface area (Å²) in [6, 6.07) is 0. The Balaban J connectivity index is 3.35. The van der Waals surface area contributed by atoms with E-state index >= 15 is 0 Å². The van der Waals surface area contributed by atoms with Crippen LogP contribution >= 0.6 is 19.9 Å². The molecule has 0 N–H and O–H groups in total. The van der Waals surface area contributed by atoms with E-state index in [4.69, 9.17) is 19.9 Å². The Hall–Kier alpha value is 0.608. The molecule has 0 radical (unpaired) electrons. The van der Waals surface area contributed by atoms with Crippen LogP contribution in [0.25, 0.3) is 0 Å². The van der Waals surface area contributed by atoms with Gasteiger partial charge in [-0.2, -0.15) is 0 Å². The zero-order valence-electron chi connectivity index (χ0n) is 3.52. The summed E-state index contributed by atoms with van der Waals surface area (Å²) in [5.74, 6) is 0. The molecule has 7 heavy (non-hydrogen) atoms. The standard InChI is InChI=1S/C2H3AsCl2O2/c1-7-2(6)3(4)5/h1H3. The van der Waals surface area contributed by atoms with E-state index in [-0.39, 0.29) is 0 Å². The number of hydrogen-bond acceptors (Lipinski definition) is 2. The van der Waals surface area contributed by atoms with Crippen molar-refractivity contribution in [3.63, 3.8) is 0 Å². The molecule has 0 aliphatic heterocycles. The van der Waals surface area contributed by atoms with Crippen molar-refractivity contribution in [2.45, 2.75) is 0 Å². The summed E-state index contributed by atoms with van der Waals surface area (Å²) in [7, 11) is 11.6. The molecule has 0 bridgehead atoms. The number of rotatable bonds is 1. The molecule has 0 aliphatic rings. The number of carbonyl (C=O) groups excluding carboxylic acids is 1. The summed E-state index contributed by atoms with van der Waals surface area (Å²) in [6.07, 6.45) is 0. The maximum absolute atomic E-state index is 10.1. The molecule has 0 aromatic rings. The van der Waals surface area contributed by atoms with E-state index in [1.165, 1.54) is 7.11 Å². The van der Waals surface area contributed by atoms with Crippen LogP contribution in [-0.4, -0.2) is 24.6 Å². The average molecular weight is 205 g/mol. The Kier molecular flexibility index (Phi) is 3.90. The molecule has 5 heteroatoms. The second kappa shape index (κ2) is 3.59. The van der Waals surface area contributed by atoms with Crippen molar-refractivity contribution in [3.05, 3.63) is 0 Å². The van der Waals surface area contributed by atoms with E-state index in [1.54, 1.807) is 0 Å². The Labute approximate surface area is 54.3 Å². The minimum absolute atomic E-state index is 0.476. The van der Waals surface area contributed by atoms with Crippen LogP contribution in [0.1, 0.15) is 0 Å². The van der Waals surface area contributed by atoms with E-state index in [1.807, 2.05) is 0 Å². The summed E-state index contributed by atoms with van der Waals surface area (Å²) in [4.78, 5) is 10.1. The fourth-order valence-electron chi connectivity index (χ4n) is 0.0690. The number of halogens is 2. The first-order valence-corrected chi connectivity index (χ1v) is 7.25. The van der Waals surface area contributed by atoms with Gasteiger partial charge in [-0.3, -0.25) is 0 Å². The molecule has 0 spiro atoms. The predicted molar refractivity (Wildman–Crippen MR) is 29.9 cm³/mol. The zero-order valence-corrected chi connectivity index (χ0v) is 6.91. The van der Waals surface area contributed by atoms with Crippen molar-refractivity contribution < 1.29 is 9.53 Å². The quantitative estimate of drug-likeness (QED) is 0.603. The van der Waals surface area contributed by atoms with Gasteiger partial charge < -0.3 is 0 Å². The number of ether oxygens (including phenoxy) is 1. The molecule has 0 aliphatic carbocycles. The molecule has 0 fully saturated rings. The number of methoxy groups -OCH3 is 1. The van der Waals surface area contributed by atoms with Crippen LogP contribution in [0, 0.1) is 0 Å². The summed E-state index contributed by atoms with van der Waals surface area (Å²) in [5.41, 5.74) is 0. The molecule has 0 amide bonds. The molecule has 0 saturated heterocycles. The van der Waals surface area contributed by atoms with Crippen molar-refractivity contribution in [2.24, 2.45) is 0 Å². The van der Waals surface area contributed by atoms with Crippen molar-refractivity contribution in [2.75, 3.05) is 7.11 Å². The normalized spacial score (nSPS) is 9.14. The SMILES string of the molecule is COC(=O)[As](Cl)Cl. The summed E-state index contributed by atoms with van der Waals surface area (Å²) < 4.78 is 3.70. The van der Waals surface area contributed by atoms with Crippen molar-refractivity contribution >= 4 is 37.4 Å². The van der Waals surface area contributed by atoms with E-state index in [0.29, 0.717) is 0 Å². The van der Waals surface area contributed by atoms with Crippen LogP contribution in [0.15, 0.2) is 0 Å². The molecule has 0 aromatic carbocycles. The Morgan fingerprint density at radius 2 is 2.14 bits per heavy atom. The van der Waals surface area contributed by atoms with Gasteiger partial charge in [-0.25, -0.2) is 0 Å². The van der Waals surface area contributed by atoms with Gasteiger partial charge in [-0.1, -0.05) is 0 Å². The Morgan fingerprint density at radius 3 is 2.14 bits per heavy atom. The molecule has 0 rings (SSSR count). The molecule has 0 heterocycles. The second-order valence-electron chi connectivity index (χ2n) is 0.703. The maximum atomic E-state index is 10.1. The molecule has 0 saturated carbocycles. The number of carbonyl (C=O) groups is 1. The summed E-state index contributed by atoms with van der Waals surface area (Å²) in [5, 5.41) is 0. The van der Waals surface area contributed by atoms with Gasteiger partial charge in [0.05, 0.1) is 0 Å². The van der Waals surface area contributed by atoms with Gasteiger partial charge >= 0.3 is 54.1 Å². The molecule has 42 valence electrons. The van der Waals surface area contributed by atoms with Crippen LogP contribution in [0.3, 0.4) is 0 Å². The van der Waals surface area contributed by atoms with Crippen LogP contribution in [0.2, 0.25) is 0 Å². The first kappa shape index (κ1) is 7.61. The van der Waals surface area contributed by atoms with Gasteiger partial charge in [0.2, 0.25) is 0 Å². The summed E-state index contributed by atoms with van der Waals surface area (Å²) in [6.45, 7) is 0. The van der Waals surface area contributed by atoms with E-state index in [2.05, 4.69) is 4.74 Å². The van der Waals surface area contributed by atoms with Crippen LogP contribution < -0.4 is 0 Å². The monoisotopic (exact) mass is 204 g/mol. The number of hydrogen-bond donors (Lipinski definition) is 0. The van der Waals surface area contributed by atoms with Gasteiger partial charge in [-0.15, -0.1) is 0 Å². The van der Waals surface area contributed by atoms with Crippen molar-refractivity contribution in [1.29, 1.82) is 0 Å². The first-order valence-electron chi connectivity index (χ1n) is 1.38. The third kappa shape index (κ3) is 3.21. The molecular formula is C2H3AsCl2O2. The topological polar surface area (TPSA) is 26.3 Å². The second-order valence-corrected chi connectivity index (χ2v) is 6.86. The van der Waals surface area contributed by atoms with E-state index in [0.717, 1.165) is 0 Å². The van der Waals surface area contributed by atoms with Gasteiger partial charge in [0.15, 0.2) is 0 Å². The molecule has 0 atom stereocenters. The van der Waals surface area contributed by atoms with Crippen molar-refractivity contribution in [1.82, 2.24) is 0 Å². The van der Waals surface area contributed by atoms with Crippen LogP contribution in [0.4, 0.5) is 4.79 Å². The molecule has 0 aromatic heterocycles. The van der Waals surface area contributed by atoms with Crippen molar-refractivity contribution in [3.8, 4) is 0 Å². The Morgan fingerprint density at radius 1 is 1.71 bits per heavy atom. The minimum atomic E-state index is -2.24. The molecular weight excluding hydrogens is 202 g/mol. The van der Waals surface area contributed by atoms with E-state index in [9.17, 15) is 4.79 Å². The average Bonchev–Trinajstić information content (AvgIpc) is 1.65. The fraction of sp³-hybridized carbons (Fsp3) is 0.500. The van der Waals surface area contributed by atoms with Gasteiger partial charge in [0.25, 0.3) is 0 Å². The molecule has 0 unspecified atom stereocenters. The van der Waals surface area contributed by atoms with Crippen LogP contribution in [-0.2, 0) is 4.74 Å². The van der Waals surface area contributed by atoms with E-state index < -0.39 is 17.5 Å². The third-order valence-electron chi connectivity index (χ3n) is 0.313. The van der Waals surface area contributed by atoms with Gasteiger partial charge in [0, 0.05) is 0 Å². The zero-order chi connectivity index (χ0) is 5.86. The predicted octanol–water partition coefficient (Wildman–Crippen LogP) is 1.30. The van der Waals surface area contributed by atoms with Gasteiger partial charge in [-0.05, 0) is 0 Å². The Bertz CT molecular complexity index is 74.1. The van der Waals surface area contributed by atoms with Crippen LogP contribution in [0.5, 0.6) is 0 Å². The van der Waals surface area contributed by atoms with Gasteiger partial charge in [0.1, 0.15) is 0 Å². The summed E-state index contributed by atoms with van der Waals surface area (Å²) >= 11 is -2.24. The third-order valence-corrected chi connectivity index (χ3v) is 2.71. The fourth-order valence-corrected chi connectivity index (χ4v) is 1.08.